The number of fused-ring (bicyclic) bond motifs is 1. The molecule has 3 rings (SSSR count). The first-order valence-corrected chi connectivity index (χ1v) is 12.8. The Morgan fingerprint density at radius 1 is 1.14 bits per heavy atom. The largest absolute Gasteiger partial charge is 0.486 e. The lowest BCUT2D eigenvalue weighted by Gasteiger charge is -2.31. The summed E-state index contributed by atoms with van der Waals surface area (Å²) in [6.45, 7) is 7.72. The molecule has 8 heteroatoms. The molecule has 0 unspecified atom stereocenters. The van der Waals surface area contributed by atoms with Crippen LogP contribution in [-0.2, 0) is 33.6 Å². The molecule has 1 aliphatic carbocycles. The number of carboxylic acid groups (broad SMARTS) is 1. The van der Waals surface area contributed by atoms with Gasteiger partial charge in [0.2, 0.25) is 5.82 Å². The van der Waals surface area contributed by atoms with E-state index in [0.717, 1.165) is 25.3 Å². The number of aliphatic carboxylic acids is 1. The molecule has 0 heterocycles. The molecule has 1 aliphatic rings. The van der Waals surface area contributed by atoms with Crippen LogP contribution in [0.3, 0.4) is 0 Å². The Kier molecular flexibility index (Phi) is 9.65. The van der Waals surface area contributed by atoms with Gasteiger partial charge in [0.15, 0.2) is 11.6 Å². The molecule has 0 amide bonds. The highest BCUT2D eigenvalue weighted by Gasteiger charge is 2.29. The minimum absolute atomic E-state index is 0.0371. The Balaban J connectivity index is 1.63. The summed E-state index contributed by atoms with van der Waals surface area (Å²) in [6, 6.07) is 10.7. The smallest absolute Gasteiger partial charge is 0.308 e. The van der Waals surface area contributed by atoms with Crippen molar-refractivity contribution in [3.63, 3.8) is 0 Å². The molecule has 0 fully saturated rings. The zero-order valence-electron chi connectivity index (χ0n) is 22.0. The first-order valence-electron chi connectivity index (χ1n) is 12.8. The molecule has 0 saturated heterocycles. The van der Waals surface area contributed by atoms with E-state index in [2.05, 4.69) is 43.4 Å². The SMILES string of the molecule is CC(C)C(=O)O[C@H](CNC(C)(C)CC1Cc2ccccc2C1)COc1cc(CCC(=O)O)cc(F)c1F. The second kappa shape index (κ2) is 12.5. The van der Waals surface area contributed by atoms with E-state index in [-0.39, 0.29) is 43.2 Å². The Labute approximate surface area is 217 Å². The monoisotopic (exact) mass is 517 g/mol. The topological polar surface area (TPSA) is 84.9 Å². The third kappa shape index (κ3) is 8.52. The van der Waals surface area contributed by atoms with Gasteiger partial charge in [0.25, 0.3) is 0 Å². The van der Waals surface area contributed by atoms with Crippen LogP contribution in [0.15, 0.2) is 36.4 Å². The molecule has 2 aromatic rings. The van der Waals surface area contributed by atoms with E-state index >= 15 is 0 Å². The highest BCUT2D eigenvalue weighted by Crippen LogP contribution is 2.32. The van der Waals surface area contributed by atoms with E-state index in [1.54, 1.807) is 13.8 Å². The number of halogens is 2. The van der Waals surface area contributed by atoms with Crippen molar-refractivity contribution in [2.24, 2.45) is 11.8 Å². The molecule has 6 nitrogen and oxygen atoms in total. The summed E-state index contributed by atoms with van der Waals surface area (Å²) < 4.78 is 39.7. The highest BCUT2D eigenvalue weighted by atomic mass is 19.2. The Morgan fingerprint density at radius 3 is 2.38 bits per heavy atom. The number of hydrogen-bond donors (Lipinski definition) is 2. The van der Waals surface area contributed by atoms with Crippen LogP contribution >= 0.6 is 0 Å². The first-order chi connectivity index (χ1) is 17.4. The second-order valence-corrected chi connectivity index (χ2v) is 10.8. The number of hydrogen-bond acceptors (Lipinski definition) is 5. The average molecular weight is 518 g/mol. The zero-order chi connectivity index (χ0) is 27.2. The fraction of sp³-hybridized carbons (Fsp3) is 0.517. The molecule has 0 aromatic heterocycles. The number of rotatable bonds is 13. The minimum Gasteiger partial charge on any atom is -0.486 e. The molecule has 0 saturated carbocycles. The van der Waals surface area contributed by atoms with Gasteiger partial charge in [-0.15, -0.1) is 0 Å². The van der Waals surface area contributed by atoms with Gasteiger partial charge >= 0.3 is 11.9 Å². The third-order valence-electron chi connectivity index (χ3n) is 6.60. The van der Waals surface area contributed by atoms with E-state index in [9.17, 15) is 18.4 Å². The molecule has 0 spiro atoms. The molecule has 1 atom stereocenters. The highest BCUT2D eigenvalue weighted by molar-refractivity contribution is 5.71. The fourth-order valence-corrected chi connectivity index (χ4v) is 4.71. The summed E-state index contributed by atoms with van der Waals surface area (Å²) in [6.07, 6.45) is 2.05. The normalized spacial score (nSPS) is 14.5. The van der Waals surface area contributed by atoms with Crippen LogP contribution in [-0.4, -0.2) is 41.8 Å². The van der Waals surface area contributed by atoms with E-state index in [4.69, 9.17) is 14.6 Å². The van der Waals surface area contributed by atoms with Crippen molar-refractivity contribution in [2.75, 3.05) is 13.2 Å². The predicted octanol–water partition coefficient (Wildman–Crippen LogP) is 5.10. The Hall–Kier alpha value is -3.00. The lowest BCUT2D eigenvalue weighted by Crippen LogP contribution is -2.47. The van der Waals surface area contributed by atoms with Gasteiger partial charge < -0.3 is 19.9 Å². The third-order valence-corrected chi connectivity index (χ3v) is 6.60. The summed E-state index contributed by atoms with van der Waals surface area (Å²) in [5.41, 5.74) is 2.83. The summed E-state index contributed by atoms with van der Waals surface area (Å²) in [7, 11) is 0. The molecule has 0 radical (unpaired) electrons. The van der Waals surface area contributed by atoms with Crippen LogP contribution in [0.2, 0.25) is 0 Å². The van der Waals surface area contributed by atoms with Gasteiger partial charge in [-0.05, 0) is 74.3 Å². The first kappa shape index (κ1) is 28.6. The number of esters is 1. The summed E-state index contributed by atoms with van der Waals surface area (Å²) in [4.78, 5) is 23.2. The van der Waals surface area contributed by atoms with Crippen molar-refractivity contribution in [3.8, 4) is 5.75 Å². The number of carbonyl (C=O) groups excluding carboxylic acids is 1. The molecule has 202 valence electrons. The maximum Gasteiger partial charge on any atom is 0.308 e. The van der Waals surface area contributed by atoms with E-state index in [1.807, 2.05) is 0 Å². The van der Waals surface area contributed by atoms with Crippen LogP contribution in [0.25, 0.3) is 0 Å². The quantitative estimate of drug-likeness (QED) is 0.360. The molecular formula is C29H37F2NO5. The molecule has 37 heavy (non-hydrogen) atoms. The van der Waals surface area contributed by atoms with Crippen LogP contribution in [0.4, 0.5) is 8.78 Å². The minimum atomic E-state index is -1.16. The maximum absolute atomic E-state index is 14.4. The van der Waals surface area contributed by atoms with Crippen molar-refractivity contribution in [1.82, 2.24) is 5.32 Å². The number of carbonyl (C=O) groups is 2. The zero-order valence-corrected chi connectivity index (χ0v) is 22.0. The van der Waals surface area contributed by atoms with Gasteiger partial charge in [0.05, 0.1) is 5.92 Å². The fourth-order valence-electron chi connectivity index (χ4n) is 4.71. The molecule has 2 aromatic carbocycles. The number of aryl methyl sites for hydroxylation is 1. The standard InChI is InChI=1S/C29H37F2NO5/c1-18(2)28(35)37-23(17-36-25-14-19(9-10-26(33)34)13-24(30)27(25)31)16-32-29(3,4)15-20-11-21-7-5-6-8-22(21)12-20/h5-8,13-14,18,20,23,32H,9-12,15-17H2,1-4H3,(H,33,34)/t23-/m1/s1. The van der Waals surface area contributed by atoms with Crippen LogP contribution in [0.5, 0.6) is 5.75 Å². The Morgan fingerprint density at radius 2 is 1.78 bits per heavy atom. The van der Waals surface area contributed by atoms with Gasteiger partial charge in [-0.2, -0.15) is 4.39 Å². The molecular weight excluding hydrogens is 480 g/mol. The van der Waals surface area contributed by atoms with Gasteiger partial charge in [-0.1, -0.05) is 38.1 Å². The number of benzene rings is 2. The van der Waals surface area contributed by atoms with Gasteiger partial charge in [0.1, 0.15) is 12.7 Å². The number of carboxylic acids is 1. The molecule has 0 aliphatic heterocycles. The van der Waals surface area contributed by atoms with Crippen molar-refractivity contribution in [3.05, 3.63) is 64.7 Å². The summed E-state index contributed by atoms with van der Waals surface area (Å²) in [5.74, 6) is -3.94. The van der Waals surface area contributed by atoms with Crippen molar-refractivity contribution in [2.45, 2.75) is 71.4 Å². The van der Waals surface area contributed by atoms with Crippen LogP contribution in [0, 0.1) is 23.5 Å². The summed E-state index contributed by atoms with van der Waals surface area (Å²) in [5, 5.41) is 12.4. The maximum atomic E-state index is 14.4. The number of ether oxygens (including phenoxy) is 2. The van der Waals surface area contributed by atoms with Crippen LogP contribution < -0.4 is 10.1 Å². The van der Waals surface area contributed by atoms with E-state index in [1.165, 1.54) is 17.2 Å². The lowest BCUT2D eigenvalue weighted by molar-refractivity contribution is -0.154. The molecule has 2 N–H and O–H groups in total. The van der Waals surface area contributed by atoms with Crippen LogP contribution in [0.1, 0.15) is 57.2 Å². The Bertz CT molecular complexity index is 1080. The molecule has 0 bridgehead atoms. The van der Waals surface area contributed by atoms with E-state index in [0.29, 0.717) is 11.5 Å². The van der Waals surface area contributed by atoms with Gasteiger partial charge in [-0.25, -0.2) is 4.39 Å². The van der Waals surface area contributed by atoms with E-state index < -0.39 is 29.7 Å². The predicted molar refractivity (Wildman–Crippen MR) is 137 cm³/mol. The number of nitrogens with one attached hydrogen (secondary N) is 1. The van der Waals surface area contributed by atoms with Crippen molar-refractivity contribution in [1.29, 1.82) is 0 Å². The average Bonchev–Trinajstić information content (AvgIpc) is 3.23. The lowest BCUT2D eigenvalue weighted by atomic mass is 9.88. The van der Waals surface area contributed by atoms with Gasteiger partial charge in [-0.3, -0.25) is 9.59 Å². The van der Waals surface area contributed by atoms with Crippen molar-refractivity contribution >= 4 is 11.9 Å². The second-order valence-electron chi connectivity index (χ2n) is 10.8. The van der Waals surface area contributed by atoms with Gasteiger partial charge in [0, 0.05) is 18.5 Å². The van der Waals surface area contributed by atoms with Crippen molar-refractivity contribution < 1.29 is 33.0 Å². The summed E-state index contributed by atoms with van der Waals surface area (Å²) >= 11 is 0.